The van der Waals surface area contributed by atoms with E-state index in [0.717, 1.165) is 55.8 Å². The highest BCUT2D eigenvalue weighted by Crippen LogP contribution is 2.25. The SMILES string of the molecule is Cc1cccc(-c2ccc(N3CCCC(C(=O)NC4CCCC4)C3)nn2)c1. The van der Waals surface area contributed by atoms with Crippen LogP contribution >= 0.6 is 0 Å². The van der Waals surface area contributed by atoms with E-state index in [2.05, 4.69) is 45.5 Å². The standard InChI is InChI=1S/C22H28N4O/c1-16-6-4-7-17(14-16)20-11-12-21(25-24-20)26-13-5-8-18(15-26)22(27)23-19-9-2-3-10-19/h4,6-7,11-12,14,18-19H,2-3,5,8-10,13,15H2,1H3,(H,23,27). The van der Waals surface area contributed by atoms with Gasteiger partial charge in [-0.3, -0.25) is 4.79 Å². The Balaban J connectivity index is 1.41. The number of piperidine rings is 1. The number of benzene rings is 1. The molecule has 1 aromatic heterocycles. The molecule has 1 atom stereocenters. The lowest BCUT2D eigenvalue weighted by Crippen LogP contribution is -2.45. The molecule has 1 unspecified atom stereocenters. The van der Waals surface area contributed by atoms with Gasteiger partial charge in [-0.15, -0.1) is 10.2 Å². The number of hydrogen-bond donors (Lipinski definition) is 1. The Morgan fingerprint density at radius 2 is 1.93 bits per heavy atom. The molecule has 1 saturated carbocycles. The lowest BCUT2D eigenvalue weighted by molar-refractivity contribution is -0.125. The zero-order valence-electron chi connectivity index (χ0n) is 16.0. The van der Waals surface area contributed by atoms with E-state index in [4.69, 9.17) is 0 Å². The molecule has 5 nitrogen and oxygen atoms in total. The molecule has 2 fully saturated rings. The fourth-order valence-electron chi connectivity index (χ4n) is 4.24. The molecule has 0 radical (unpaired) electrons. The Kier molecular flexibility index (Phi) is 5.37. The number of aromatic nitrogens is 2. The van der Waals surface area contributed by atoms with Gasteiger partial charge >= 0.3 is 0 Å². The van der Waals surface area contributed by atoms with Gasteiger partial charge in [0.15, 0.2) is 5.82 Å². The second-order valence-corrected chi connectivity index (χ2v) is 7.92. The first kappa shape index (κ1) is 18.0. The first-order chi connectivity index (χ1) is 13.2. The molecule has 2 heterocycles. The molecule has 1 aliphatic heterocycles. The van der Waals surface area contributed by atoms with Gasteiger partial charge in [-0.2, -0.15) is 0 Å². The average molecular weight is 364 g/mol. The normalized spacial score (nSPS) is 20.6. The van der Waals surface area contributed by atoms with Crippen LogP contribution in [0.2, 0.25) is 0 Å². The summed E-state index contributed by atoms with van der Waals surface area (Å²) < 4.78 is 0. The summed E-state index contributed by atoms with van der Waals surface area (Å²) in [6.45, 7) is 3.75. The molecule has 1 N–H and O–H groups in total. The molecule has 1 amide bonds. The number of anilines is 1. The van der Waals surface area contributed by atoms with E-state index >= 15 is 0 Å². The van der Waals surface area contributed by atoms with Crippen molar-refractivity contribution in [1.29, 1.82) is 0 Å². The lowest BCUT2D eigenvalue weighted by Gasteiger charge is -2.33. The van der Waals surface area contributed by atoms with E-state index in [0.29, 0.717) is 6.04 Å². The van der Waals surface area contributed by atoms with Crippen LogP contribution in [0.25, 0.3) is 11.3 Å². The highest BCUT2D eigenvalue weighted by molar-refractivity contribution is 5.80. The van der Waals surface area contributed by atoms with Gasteiger partial charge in [0.05, 0.1) is 11.6 Å². The van der Waals surface area contributed by atoms with Crippen LogP contribution in [0.3, 0.4) is 0 Å². The number of carbonyl (C=O) groups is 1. The predicted octanol–water partition coefficient (Wildman–Crippen LogP) is 3.73. The molecule has 142 valence electrons. The minimum absolute atomic E-state index is 0.0533. The summed E-state index contributed by atoms with van der Waals surface area (Å²) in [6, 6.07) is 12.7. The quantitative estimate of drug-likeness (QED) is 0.898. The molecular weight excluding hydrogens is 336 g/mol. The maximum absolute atomic E-state index is 12.6. The smallest absolute Gasteiger partial charge is 0.225 e. The molecule has 5 heteroatoms. The Morgan fingerprint density at radius 1 is 1.07 bits per heavy atom. The largest absolute Gasteiger partial charge is 0.354 e. The third kappa shape index (κ3) is 4.29. The number of amides is 1. The van der Waals surface area contributed by atoms with Crippen LogP contribution in [0.15, 0.2) is 36.4 Å². The fraction of sp³-hybridized carbons (Fsp3) is 0.500. The van der Waals surface area contributed by atoms with Gasteiger partial charge in [0.2, 0.25) is 5.91 Å². The van der Waals surface area contributed by atoms with Gasteiger partial charge in [-0.1, -0.05) is 36.6 Å². The summed E-state index contributed by atoms with van der Waals surface area (Å²) in [5.41, 5.74) is 3.18. The summed E-state index contributed by atoms with van der Waals surface area (Å²) in [5.74, 6) is 1.14. The van der Waals surface area contributed by atoms with Gasteiger partial charge < -0.3 is 10.2 Å². The lowest BCUT2D eigenvalue weighted by atomic mass is 9.96. The molecule has 4 rings (SSSR count). The minimum Gasteiger partial charge on any atom is -0.354 e. The Morgan fingerprint density at radius 3 is 2.67 bits per heavy atom. The Labute approximate surface area is 161 Å². The van der Waals surface area contributed by atoms with Crippen molar-refractivity contribution in [1.82, 2.24) is 15.5 Å². The zero-order valence-corrected chi connectivity index (χ0v) is 16.0. The van der Waals surface area contributed by atoms with Crippen molar-refractivity contribution in [2.24, 2.45) is 5.92 Å². The van der Waals surface area contributed by atoms with Gasteiger partial charge in [0.1, 0.15) is 0 Å². The maximum Gasteiger partial charge on any atom is 0.225 e. The van der Waals surface area contributed by atoms with Crippen molar-refractivity contribution in [3.8, 4) is 11.3 Å². The number of carbonyl (C=O) groups excluding carboxylic acids is 1. The highest BCUT2D eigenvalue weighted by atomic mass is 16.2. The summed E-state index contributed by atoms with van der Waals surface area (Å²) >= 11 is 0. The first-order valence-corrected chi connectivity index (χ1v) is 10.1. The van der Waals surface area contributed by atoms with Crippen LogP contribution in [-0.4, -0.2) is 35.2 Å². The Bertz CT molecular complexity index is 783. The minimum atomic E-state index is 0.0533. The molecule has 27 heavy (non-hydrogen) atoms. The number of rotatable bonds is 4. The number of nitrogens with zero attached hydrogens (tertiary/aromatic N) is 3. The van der Waals surface area contributed by atoms with Crippen LogP contribution in [0.5, 0.6) is 0 Å². The second kappa shape index (κ2) is 8.07. The number of hydrogen-bond acceptors (Lipinski definition) is 4. The first-order valence-electron chi connectivity index (χ1n) is 10.1. The molecule has 1 saturated heterocycles. The maximum atomic E-state index is 12.6. The molecular formula is C22H28N4O. The predicted molar refractivity (Wildman–Crippen MR) is 108 cm³/mol. The van der Waals surface area contributed by atoms with E-state index in [9.17, 15) is 4.79 Å². The summed E-state index contributed by atoms with van der Waals surface area (Å²) in [4.78, 5) is 14.8. The topological polar surface area (TPSA) is 58.1 Å². The molecule has 2 aliphatic rings. The van der Waals surface area contributed by atoms with Gasteiger partial charge in [0.25, 0.3) is 0 Å². The van der Waals surface area contributed by atoms with Crippen LogP contribution in [0.4, 0.5) is 5.82 Å². The summed E-state index contributed by atoms with van der Waals surface area (Å²) in [5, 5.41) is 12.1. The van der Waals surface area contributed by atoms with Crippen LogP contribution in [0.1, 0.15) is 44.1 Å². The van der Waals surface area contributed by atoms with E-state index in [1.54, 1.807) is 0 Å². The molecule has 2 aromatic rings. The van der Waals surface area contributed by atoms with Crippen molar-refractivity contribution in [3.63, 3.8) is 0 Å². The third-order valence-electron chi connectivity index (χ3n) is 5.78. The van der Waals surface area contributed by atoms with Gasteiger partial charge in [0, 0.05) is 24.7 Å². The molecule has 1 aromatic carbocycles. The van der Waals surface area contributed by atoms with Crippen LogP contribution in [0, 0.1) is 12.8 Å². The van der Waals surface area contributed by atoms with Crippen molar-refractivity contribution >= 4 is 11.7 Å². The summed E-state index contributed by atoms with van der Waals surface area (Å²) in [7, 11) is 0. The summed E-state index contributed by atoms with van der Waals surface area (Å²) in [6.07, 6.45) is 6.73. The zero-order chi connectivity index (χ0) is 18.6. The molecule has 0 spiro atoms. The monoisotopic (exact) mass is 364 g/mol. The third-order valence-corrected chi connectivity index (χ3v) is 5.78. The number of aryl methyl sites for hydroxylation is 1. The van der Waals surface area contributed by atoms with Crippen molar-refractivity contribution in [2.75, 3.05) is 18.0 Å². The van der Waals surface area contributed by atoms with Crippen molar-refractivity contribution in [2.45, 2.75) is 51.5 Å². The fourth-order valence-corrected chi connectivity index (χ4v) is 4.24. The van der Waals surface area contributed by atoms with Crippen molar-refractivity contribution < 1.29 is 4.79 Å². The second-order valence-electron chi connectivity index (χ2n) is 7.92. The van der Waals surface area contributed by atoms with Crippen LogP contribution < -0.4 is 10.2 Å². The van der Waals surface area contributed by atoms with E-state index in [-0.39, 0.29) is 11.8 Å². The molecule has 1 aliphatic carbocycles. The number of nitrogens with one attached hydrogen (secondary N) is 1. The van der Waals surface area contributed by atoms with E-state index in [1.807, 2.05) is 18.2 Å². The molecule has 0 bridgehead atoms. The van der Waals surface area contributed by atoms with Gasteiger partial charge in [-0.05, 0) is 50.8 Å². The van der Waals surface area contributed by atoms with Gasteiger partial charge in [-0.25, -0.2) is 0 Å². The Hall–Kier alpha value is -2.43. The van der Waals surface area contributed by atoms with Crippen molar-refractivity contribution in [3.05, 3.63) is 42.0 Å². The van der Waals surface area contributed by atoms with E-state index in [1.165, 1.54) is 18.4 Å². The highest BCUT2D eigenvalue weighted by Gasteiger charge is 2.28. The average Bonchev–Trinajstić information content (AvgIpc) is 3.21. The van der Waals surface area contributed by atoms with E-state index < -0.39 is 0 Å². The van der Waals surface area contributed by atoms with Crippen LogP contribution in [-0.2, 0) is 4.79 Å².